The number of nitrogens with zero attached hydrogens (tertiary/aromatic N) is 2. The van der Waals surface area contributed by atoms with Crippen molar-refractivity contribution in [3.8, 4) is 0 Å². The number of anilines is 1. The lowest BCUT2D eigenvalue weighted by atomic mass is 10.1. The summed E-state index contributed by atoms with van der Waals surface area (Å²) in [7, 11) is 0. The van der Waals surface area contributed by atoms with Gasteiger partial charge >= 0.3 is 0 Å². The fraction of sp³-hybridized carbons (Fsp3) is 0.455. The van der Waals surface area contributed by atoms with Crippen LogP contribution in [0.3, 0.4) is 0 Å². The molecule has 0 spiro atoms. The van der Waals surface area contributed by atoms with Gasteiger partial charge in [-0.25, -0.2) is 9.97 Å². The van der Waals surface area contributed by atoms with Gasteiger partial charge in [0.2, 0.25) is 0 Å². The summed E-state index contributed by atoms with van der Waals surface area (Å²) in [6, 6.07) is 0. The quantitative estimate of drug-likeness (QED) is 0.845. The fourth-order valence-electron chi connectivity index (χ4n) is 2.18. The molecule has 1 fully saturated rings. The third-order valence-electron chi connectivity index (χ3n) is 3.07. The Morgan fingerprint density at radius 3 is 3.12 bits per heavy atom. The summed E-state index contributed by atoms with van der Waals surface area (Å²) in [4.78, 5) is 8.14. The van der Waals surface area contributed by atoms with E-state index in [-0.39, 0.29) is 6.61 Å². The van der Waals surface area contributed by atoms with Crippen LogP contribution in [0.2, 0.25) is 0 Å². The first-order valence-corrected chi connectivity index (χ1v) is 6.47. The van der Waals surface area contributed by atoms with Crippen LogP contribution in [-0.2, 0) is 0 Å². The molecule has 5 nitrogen and oxygen atoms in total. The minimum Gasteiger partial charge on any atom is -0.458 e. The number of furan rings is 1. The van der Waals surface area contributed by atoms with E-state index in [2.05, 4.69) is 9.97 Å². The van der Waals surface area contributed by atoms with Gasteiger partial charge < -0.3 is 15.3 Å². The third kappa shape index (κ3) is 1.77. The zero-order valence-corrected chi connectivity index (χ0v) is 9.98. The molecule has 1 aliphatic rings. The Bertz CT molecular complexity index is 542. The standard InChI is InChI=1S/C11H13N3O2S/c12-11-10-9(13-5-14-11)7(4-16-10)8-2-1-6(3-15)17-8/h4-6,8,15H,1-3H2,(H2,12,13,14)/t6-,8?/m0/s1. The van der Waals surface area contributed by atoms with Crippen LogP contribution in [0.25, 0.3) is 11.1 Å². The van der Waals surface area contributed by atoms with Gasteiger partial charge in [-0.1, -0.05) is 0 Å². The molecule has 1 unspecified atom stereocenters. The van der Waals surface area contributed by atoms with Crippen molar-refractivity contribution in [1.82, 2.24) is 9.97 Å². The van der Waals surface area contributed by atoms with Crippen LogP contribution in [0.1, 0.15) is 23.7 Å². The van der Waals surface area contributed by atoms with Crippen LogP contribution in [-0.4, -0.2) is 26.9 Å². The summed E-state index contributed by atoms with van der Waals surface area (Å²) in [6.07, 6.45) is 5.24. The molecule has 0 aliphatic carbocycles. The SMILES string of the molecule is Nc1ncnc2c(C3CC[C@@H](CO)S3)coc12. The van der Waals surface area contributed by atoms with Crippen molar-refractivity contribution >= 4 is 28.7 Å². The third-order valence-corrected chi connectivity index (χ3v) is 4.65. The van der Waals surface area contributed by atoms with Crippen molar-refractivity contribution in [1.29, 1.82) is 0 Å². The number of rotatable bonds is 2. The second kappa shape index (κ2) is 4.19. The molecule has 3 N–H and O–H groups in total. The van der Waals surface area contributed by atoms with Gasteiger partial charge in [-0.05, 0) is 12.8 Å². The summed E-state index contributed by atoms with van der Waals surface area (Å²) in [5.74, 6) is 0.378. The molecule has 0 saturated carbocycles. The van der Waals surface area contributed by atoms with Crippen LogP contribution < -0.4 is 5.73 Å². The van der Waals surface area contributed by atoms with Crippen molar-refractivity contribution in [2.24, 2.45) is 0 Å². The molecule has 6 heteroatoms. The lowest BCUT2D eigenvalue weighted by molar-refractivity contribution is 0.292. The van der Waals surface area contributed by atoms with Gasteiger partial charge in [0, 0.05) is 16.1 Å². The highest BCUT2D eigenvalue weighted by Crippen LogP contribution is 2.46. The van der Waals surface area contributed by atoms with Crippen LogP contribution in [0.15, 0.2) is 17.0 Å². The number of nitrogens with two attached hydrogens (primary N) is 1. The highest BCUT2D eigenvalue weighted by molar-refractivity contribution is 8.00. The second-order valence-corrected chi connectivity index (χ2v) is 5.64. The van der Waals surface area contributed by atoms with E-state index in [1.54, 1.807) is 18.0 Å². The molecular weight excluding hydrogens is 238 g/mol. The van der Waals surface area contributed by atoms with E-state index in [0.29, 0.717) is 21.9 Å². The summed E-state index contributed by atoms with van der Waals surface area (Å²) in [5, 5.41) is 9.81. The fourth-order valence-corrected chi connectivity index (χ4v) is 3.59. The average molecular weight is 251 g/mol. The summed E-state index contributed by atoms with van der Waals surface area (Å²) >= 11 is 1.78. The van der Waals surface area contributed by atoms with E-state index in [9.17, 15) is 0 Å². The topological polar surface area (TPSA) is 85.2 Å². The zero-order valence-electron chi connectivity index (χ0n) is 9.17. The number of nitrogen functional groups attached to an aromatic ring is 1. The van der Waals surface area contributed by atoms with Gasteiger partial charge in [-0.2, -0.15) is 0 Å². The van der Waals surface area contributed by atoms with E-state index in [4.69, 9.17) is 15.3 Å². The summed E-state index contributed by atoms with van der Waals surface area (Å²) in [5.41, 5.74) is 8.16. The van der Waals surface area contributed by atoms with E-state index >= 15 is 0 Å². The average Bonchev–Trinajstić information content (AvgIpc) is 2.94. The Balaban J connectivity index is 1.99. The minimum absolute atomic E-state index is 0.230. The Morgan fingerprint density at radius 2 is 2.35 bits per heavy atom. The molecule has 1 aliphatic heterocycles. The van der Waals surface area contributed by atoms with Crippen LogP contribution in [0.5, 0.6) is 0 Å². The first-order chi connectivity index (χ1) is 8.29. The zero-order chi connectivity index (χ0) is 11.8. The molecule has 0 aromatic carbocycles. The summed E-state index contributed by atoms with van der Waals surface area (Å²) < 4.78 is 5.44. The molecule has 17 heavy (non-hydrogen) atoms. The molecule has 0 amide bonds. The normalized spacial score (nSPS) is 24.5. The lowest BCUT2D eigenvalue weighted by Crippen LogP contribution is -2.01. The highest BCUT2D eigenvalue weighted by Gasteiger charge is 2.29. The van der Waals surface area contributed by atoms with Gasteiger partial charge in [0.15, 0.2) is 11.4 Å². The van der Waals surface area contributed by atoms with E-state index < -0.39 is 0 Å². The largest absolute Gasteiger partial charge is 0.458 e. The van der Waals surface area contributed by atoms with Gasteiger partial charge in [0.25, 0.3) is 0 Å². The Hall–Kier alpha value is -1.27. The first-order valence-electron chi connectivity index (χ1n) is 5.53. The van der Waals surface area contributed by atoms with Crippen molar-refractivity contribution in [2.75, 3.05) is 12.3 Å². The molecule has 2 aromatic heterocycles. The van der Waals surface area contributed by atoms with Crippen LogP contribution >= 0.6 is 11.8 Å². The Morgan fingerprint density at radius 1 is 1.47 bits per heavy atom. The van der Waals surface area contributed by atoms with Crippen LogP contribution in [0, 0.1) is 0 Å². The molecule has 0 radical (unpaired) electrons. The Kier molecular flexibility index (Phi) is 2.68. The maximum atomic E-state index is 9.15. The maximum absolute atomic E-state index is 9.15. The Labute approximate surface area is 102 Å². The maximum Gasteiger partial charge on any atom is 0.194 e. The number of thioether (sulfide) groups is 1. The van der Waals surface area contributed by atoms with E-state index in [1.165, 1.54) is 6.33 Å². The van der Waals surface area contributed by atoms with Crippen molar-refractivity contribution in [3.05, 3.63) is 18.2 Å². The van der Waals surface area contributed by atoms with Gasteiger partial charge in [-0.3, -0.25) is 0 Å². The minimum atomic E-state index is 0.230. The number of aliphatic hydroxyl groups excluding tert-OH is 1. The molecule has 3 heterocycles. The monoisotopic (exact) mass is 251 g/mol. The number of aromatic nitrogens is 2. The molecular formula is C11H13N3O2S. The van der Waals surface area contributed by atoms with Gasteiger partial charge in [-0.15, -0.1) is 11.8 Å². The van der Waals surface area contributed by atoms with Crippen molar-refractivity contribution < 1.29 is 9.52 Å². The van der Waals surface area contributed by atoms with E-state index in [0.717, 1.165) is 23.9 Å². The molecule has 90 valence electrons. The number of fused-ring (bicyclic) bond motifs is 1. The summed E-state index contributed by atoms with van der Waals surface area (Å²) in [6.45, 7) is 0.230. The smallest absolute Gasteiger partial charge is 0.194 e. The number of hydrogen-bond acceptors (Lipinski definition) is 6. The first kappa shape index (κ1) is 10.9. The van der Waals surface area contributed by atoms with E-state index in [1.807, 2.05) is 0 Å². The van der Waals surface area contributed by atoms with Crippen molar-refractivity contribution in [3.63, 3.8) is 0 Å². The highest BCUT2D eigenvalue weighted by atomic mass is 32.2. The number of aliphatic hydroxyl groups is 1. The second-order valence-electron chi connectivity index (χ2n) is 4.13. The molecule has 3 rings (SSSR count). The molecule has 0 bridgehead atoms. The van der Waals surface area contributed by atoms with Crippen LogP contribution in [0.4, 0.5) is 5.82 Å². The predicted octanol–water partition coefficient (Wildman–Crippen LogP) is 1.73. The van der Waals surface area contributed by atoms with Gasteiger partial charge in [0.1, 0.15) is 11.8 Å². The predicted molar refractivity (Wildman–Crippen MR) is 66.7 cm³/mol. The number of hydrogen-bond donors (Lipinski definition) is 2. The molecule has 1 saturated heterocycles. The van der Waals surface area contributed by atoms with Crippen molar-refractivity contribution in [2.45, 2.75) is 23.3 Å². The molecule has 2 aromatic rings. The molecule has 2 atom stereocenters. The lowest BCUT2D eigenvalue weighted by Gasteiger charge is -2.07. The van der Waals surface area contributed by atoms with Gasteiger partial charge in [0.05, 0.1) is 12.9 Å².